The van der Waals surface area contributed by atoms with Crippen LogP contribution in [0.25, 0.3) is 17.0 Å². The van der Waals surface area contributed by atoms with Crippen molar-refractivity contribution < 1.29 is 31.1 Å². The van der Waals surface area contributed by atoms with Crippen LogP contribution in [-0.4, -0.2) is 55.6 Å². The molecule has 1 aliphatic heterocycles. The minimum atomic E-state index is -4.54. The highest BCUT2D eigenvalue weighted by atomic mass is 32.2. The summed E-state index contributed by atoms with van der Waals surface area (Å²) in [6.07, 6.45) is -1.47. The van der Waals surface area contributed by atoms with Gasteiger partial charge in [0.05, 0.1) is 41.4 Å². The third-order valence-electron chi connectivity index (χ3n) is 5.95. The number of alkyl halides is 3. The lowest BCUT2D eigenvalue weighted by molar-refractivity contribution is -0.141. The van der Waals surface area contributed by atoms with Gasteiger partial charge in [-0.05, 0) is 30.2 Å². The maximum atomic E-state index is 13.2. The first-order valence-electron chi connectivity index (χ1n) is 11.7. The van der Waals surface area contributed by atoms with Crippen molar-refractivity contribution in [3.63, 3.8) is 0 Å². The highest BCUT2D eigenvalue weighted by molar-refractivity contribution is 8.15. The number of carbonyl (C=O) groups excluding carboxylic acids is 1. The summed E-state index contributed by atoms with van der Waals surface area (Å²) < 4.78 is 72.0. The second-order valence-corrected chi connectivity index (χ2v) is 12.0. The number of nitrogens with zero attached hydrogens (tertiary/aromatic N) is 2. The van der Waals surface area contributed by atoms with Gasteiger partial charge in [0.25, 0.3) is 0 Å². The standard InChI is InChI=1S/C26H26F3N3O4S2/c1-17(33)36-13-12-20-16-30-25(37-20)22-15-19-8-5-11-23(24(19)31-22)32(2)38(34,35)14-6-9-18-7-3-4-10-21(18)26(27,28)29/h3-11,15,20,31H,12-14,16H2,1-2H3. The van der Waals surface area contributed by atoms with Crippen LogP contribution in [0.1, 0.15) is 30.2 Å². The summed E-state index contributed by atoms with van der Waals surface area (Å²) in [5.41, 5.74) is 0.836. The molecule has 1 unspecified atom stereocenters. The molecule has 2 heterocycles. The van der Waals surface area contributed by atoms with Crippen LogP contribution in [0, 0.1) is 0 Å². The number of anilines is 1. The number of fused-ring (bicyclic) bond motifs is 1. The summed E-state index contributed by atoms with van der Waals surface area (Å²) in [5, 5.41) is 1.75. The zero-order chi connectivity index (χ0) is 27.5. The van der Waals surface area contributed by atoms with Crippen molar-refractivity contribution in [2.75, 3.05) is 30.3 Å². The number of aromatic amines is 1. The first-order chi connectivity index (χ1) is 18.0. The van der Waals surface area contributed by atoms with E-state index in [2.05, 4.69) is 9.98 Å². The molecule has 0 bridgehead atoms. The molecule has 0 amide bonds. The van der Waals surface area contributed by atoms with Crippen LogP contribution in [0.5, 0.6) is 0 Å². The van der Waals surface area contributed by atoms with E-state index in [1.807, 2.05) is 12.1 Å². The zero-order valence-corrected chi connectivity index (χ0v) is 22.3. The molecule has 0 radical (unpaired) electrons. The van der Waals surface area contributed by atoms with Gasteiger partial charge in [-0.2, -0.15) is 13.2 Å². The number of benzene rings is 2. The van der Waals surface area contributed by atoms with E-state index >= 15 is 0 Å². The van der Waals surface area contributed by atoms with Crippen LogP contribution in [0.3, 0.4) is 0 Å². The number of para-hydroxylation sites is 1. The Balaban J connectivity index is 1.49. The van der Waals surface area contributed by atoms with E-state index < -0.39 is 27.5 Å². The average Bonchev–Trinajstić information content (AvgIpc) is 3.50. The van der Waals surface area contributed by atoms with Crippen molar-refractivity contribution in [1.82, 2.24) is 4.98 Å². The molecule has 0 aliphatic carbocycles. The van der Waals surface area contributed by atoms with Crippen LogP contribution in [0.15, 0.2) is 59.6 Å². The molecular formula is C26H26F3N3O4S2. The monoisotopic (exact) mass is 565 g/mol. The average molecular weight is 566 g/mol. The molecule has 1 aliphatic rings. The van der Waals surface area contributed by atoms with Gasteiger partial charge in [0.15, 0.2) is 0 Å². The number of esters is 1. The van der Waals surface area contributed by atoms with Crippen molar-refractivity contribution in [3.05, 3.63) is 71.4 Å². The number of halogens is 3. The molecule has 0 fully saturated rings. The Hall–Kier alpha value is -3.25. The van der Waals surface area contributed by atoms with Crippen LogP contribution in [0.4, 0.5) is 18.9 Å². The minimum Gasteiger partial charge on any atom is -0.466 e. The minimum absolute atomic E-state index is 0.102. The second-order valence-electron chi connectivity index (χ2n) is 8.67. The summed E-state index contributed by atoms with van der Waals surface area (Å²) in [6.45, 7) is 2.28. The predicted octanol–water partition coefficient (Wildman–Crippen LogP) is 5.48. The van der Waals surface area contributed by atoms with Gasteiger partial charge in [-0.25, -0.2) is 8.42 Å². The molecule has 0 saturated heterocycles. The number of hydrogen-bond donors (Lipinski definition) is 1. The van der Waals surface area contributed by atoms with E-state index in [0.29, 0.717) is 30.8 Å². The lowest BCUT2D eigenvalue weighted by Gasteiger charge is -2.19. The van der Waals surface area contributed by atoms with Gasteiger partial charge in [-0.15, -0.1) is 0 Å². The Morgan fingerprint density at radius 3 is 2.74 bits per heavy atom. The number of ether oxygens (including phenoxy) is 1. The van der Waals surface area contributed by atoms with Crippen molar-refractivity contribution in [2.24, 2.45) is 4.99 Å². The Bertz CT molecular complexity index is 1500. The zero-order valence-electron chi connectivity index (χ0n) is 20.7. The number of aromatic nitrogens is 1. The molecule has 12 heteroatoms. The maximum absolute atomic E-state index is 13.2. The number of hydrogen-bond acceptors (Lipinski definition) is 6. The molecule has 4 rings (SSSR count). The van der Waals surface area contributed by atoms with Crippen molar-refractivity contribution in [2.45, 2.75) is 24.8 Å². The first kappa shape index (κ1) is 27.8. The maximum Gasteiger partial charge on any atom is 0.416 e. The SMILES string of the molecule is CC(=O)OCCC1CN=C(c2cc3cccc(N(C)S(=O)(=O)CC=Cc4ccccc4C(F)(F)F)c3[nH]2)S1. The molecule has 1 N–H and O–H groups in total. The molecule has 0 saturated carbocycles. The summed E-state index contributed by atoms with van der Waals surface area (Å²) in [5.74, 6) is -0.801. The summed E-state index contributed by atoms with van der Waals surface area (Å²) in [4.78, 5) is 18.8. The smallest absolute Gasteiger partial charge is 0.416 e. The number of nitrogens with one attached hydrogen (secondary N) is 1. The van der Waals surface area contributed by atoms with Crippen LogP contribution >= 0.6 is 11.8 Å². The molecular weight excluding hydrogens is 539 g/mol. The van der Waals surface area contributed by atoms with E-state index in [-0.39, 0.29) is 16.8 Å². The fourth-order valence-electron chi connectivity index (χ4n) is 4.03. The highest BCUT2D eigenvalue weighted by Gasteiger charge is 2.32. The van der Waals surface area contributed by atoms with Gasteiger partial charge in [0.1, 0.15) is 5.04 Å². The van der Waals surface area contributed by atoms with Gasteiger partial charge in [-0.1, -0.05) is 54.2 Å². The van der Waals surface area contributed by atoms with E-state index in [0.717, 1.165) is 26.5 Å². The molecule has 7 nitrogen and oxygen atoms in total. The van der Waals surface area contributed by atoms with Gasteiger partial charge in [-0.3, -0.25) is 14.1 Å². The molecule has 1 atom stereocenters. The summed E-state index contributed by atoms with van der Waals surface area (Å²) >= 11 is 1.57. The fraction of sp³-hybridized carbons (Fsp3) is 0.308. The van der Waals surface area contributed by atoms with E-state index in [4.69, 9.17) is 4.74 Å². The first-order valence-corrected chi connectivity index (χ1v) is 14.2. The number of sulfonamides is 1. The molecule has 2 aromatic carbocycles. The fourth-order valence-corrected chi connectivity index (χ4v) is 6.11. The molecule has 3 aromatic rings. The number of thioether (sulfide) groups is 1. The third-order valence-corrected chi connectivity index (χ3v) is 8.89. The number of H-pyrrole nitrogens is 1. The van der Waals surface area contributed by atoms with Crippen molar-refractivity contribution >= 4 is 55.5 Å². The normalized spacial score (nSPS) is 16.2. The van der Waals surface area contributed by atoms with E-state index in [9.17, 15) is 26.4 Å². The highest BCUT2D eigenvalue weighted by Crippen LogP contribution is 2.34. The van der Waals surface area contributed by atoms with Crippen molar-refractivity contribution in [3.8, 4) is 0 Å². The molecule has 38 heavy (non-hydrogen) atoms. The summed E-state index contributed by atoms with van der Waals surface area (Å²) in [7, 11) is -2.48. The Kier molecular flexibility index (Phi) is 8.22. The molecule has 1 aromatic heterocycles. The largest absolute Gasteiger partial charge is 0.466 e. The predicted molar refractivity (Wildman–Crippen MR) is 145 cm³/mol. The van der Waals surface area contributed by atoms with E-state index in [1.165, 1.54) is 44.3 Å². The number of aliphatic imine (C=N–C) groups is 1. The molecule has 202 valence electrons. The van der Waals surface area contributed by atoms with Gasteiger partial charge in [0.2, 0.25) is 10.0 Å². The topological polar surface area (TPSA) is 91.8 Å². The van der Waals surface area contributed by atoms with Gasteiger partial charge >= 0.3 is 12.1 Å². The van der Waals surface area contributed by atoms with E-state index in [1.54, 1.807) is 23.9 Å². The lowest BCUT2D eigenvalue weighted by atomic mass is 10.1. The van der Waals surface area contributed by atoms with Gasteiger partial charge < -0.3 is 9.72 Å². The summed E-state index contributed by atoms with van der Waals surface area (Å²) in [6, 6.07) is 12.2. The quantitative estimate of drug-likeness (QED) is 0.347. The Morgan fingerprint density at radius 1 is 1.24 bits per heavy atom. The Morgan fingerprint density at radius 2 is 2.00 bits per heavy atom. The van der Waals surface area contributed by atoms with Crippen LogP contribution < -0.4 is 4.31 Å². The number of carbonyl (C=O) groups is 1. The lowest BCUT2D eigenvalue weighted by Crippen LogP contribution is -2.28. The molecule has 0 spiro atoms. The van der Waals surface area contributed by atoms with Crippen molar-refractivity contribution in [1.29, 1.82) is 0 Å². The second kappa shape index (κ2) is 11.2. The Labute approximate surface area is 222 Å². The number of rotatable bonds is 9. The third kappa shape index (κ3) is 6.41. The van der Waals surface area contributed by atoms with Gasteiger partial charge in [0, 0.05) is 24.6 Å². The van der Waals surface area contributed by atoms with Crippen LogP contribution in [0.2, 0.25) is 0 Å². The van der Waals surface area contributed by atoms with Crippen LogP contribution in [-0.2, 0) is 25.7 Å².